The molecule has 0 saturated heterocycles. The van der Waals surface area contributed by atoms with Gasteiger partial charge in [-0.2, -0.15) is 10.4 Å². The first-order valence-corrected chi connectivity index (χ1v) is 4.73. The molecule has 0 aliphatic rings. The fourth-order valence-corrected chi connectivity index (χ4v) is 1.26. The highest BCUT2D eigenvalue weighted by molar-refractivity contribution is 5.77. The van der Waals surface area contributed by atoms with E-state index in [2.05, 4.69) is 15.1 Å². The normalized spacial score (nSPS) is 11.4. The Morgan fingerprint density at radius 3 is 3.06 bits per heavy atom. The minimum Gasteiger partial charge on any atom is -0.285 e. The maximum Gasteiger partial charge on any atom is 0.257 e. The topological polar surface area (TPSA) is 66.3 Å². The van der Waals surface area contributed by atoms with Crippen LogP contribution in [0.2, 0.25) is 0 Å². The number of fused-ring (bicyclic) bond motifs is 1. The van der Waals surface area contributed by atoms with Crippen molar-refractivity contribution in [2.24, 2.45) is 4.99 Å². The van der Waals surface area contributed by atoms with E-state index in [1.807, 2.05) is 6.07 Å². The Morgan fingerprint density at radius 2 is 2.35 bits per heavy atom. The van der Waals surface area contributed by atoms with Crippen LogP contribution < -0.4 is 0 Å². The van der Waals surface area contributed by atoms with Crippen LogP contribution >= 0.6 is 0 Å². The van der Waals surface area contributed by atoms with E-state index in [0.29, 0.717) is 11.3 Å². The number of hydrogen-bond donors (Lipinski definition) is 0. The fourth-order valence-electron chi connectivity index (χ4n) is 1.26. The molecule has 2 aromatic heterocycles. The monoisotopic (exact) mass is 235 g/mol. The van der Waals surface area contributed by atoms with Crippen molar-refractivity contribution in [3.8, 4) is 6.07 Å². The van der Waals surface area contributed by atoms with Gasteiger partial charge in [-0.3, -0.25) is 4.99 Å². The predicted molar refractivity (Wildman–Crippen MR) is 56.2 cm³/mol. The van der Waals surface area contributed by atoms with Gasteiger partial charge in [0.1, 0.15) is 11.8 Å². The van der Waals surface area contributed by atoms with Gasteiger partial charge in [0, 0.05) is 6.21 Å². The van der Waals surface area contributed by atoms with E-state index >= 15 is 0 Å². The summed E-state index contributed by atoms with van der Waals surface area (Å²) >= 11 is 0. The van der Waals surface area contributed by atoms with Gasteiger partial charge in [-0.25, -0.2) is 18.3 Å². The molecule has 0 fully saturated rings. The summed E-state index contributed by atoms with van der Waals surface area (Å²) in [4.78, 5) is 7.49. The Hall–Kier alpha value is -2.36. The van der Waals surface area contributed by atoms with Crippen molar-refractivity contribution in [1.29, 1.82) is 5.26 Å². The number of aliphatic imine (C=N–C) groups is 1. The number of imidazole rings is 1. The second-order valence-corrected chi connectivity index (χ2v) is 3.17. The van der Waals surface area contributed by atoms with Crippen LogP contribution in [0.5, 0.6) is 0 Å². The van der Waals surface area contributed by atoms with Crippen LogP contribution in [0.3, 0.4) is 0 Å². The molecule has 86 valence electrons. The van der Waals surface area contributed by atoms with E-state index in [1.54, 1.807) is 12.1 Å². The molecule has 0 atom stereocenters. The molecular weight excluding hydrogens is 228 g/mol. The molecule has 0 N–H and O–H groups in total. The second-order valence-electron chi connectivity index (χ2n) is 3.17. The number of nitrogens with zero attached hydrogens (tertiary/aromatic N) is 5. The Balaban J connectivity index is 2.31. The van der Waals surface area contributed by atoms with Gasteiger partial charge in [-0.15, -0.1) is 0 Å². The van der Waals surface area contributed by atoms with Gasteiger partial charge in [0.25, 0.3) is 6.43 Å². The number of rotatable bonds is 3. The molecule has 17 heavy (non-hydrogen) atoms. The van der Waals surface area contributed by atoms with E-state index in [-0.39, 0.29) is 5.69 Å². The maximum absolute atomic E-state index is 11.9. The molecule has 0 amide bonds. The SMILES string of the molecule is N#Cc1cnc2ccc(/C=N/CC(F)F)nn12. The van der Waals surface area contributed by atoms with Crippen LogP contribution in [0.15, 0.2) is 23.3 Å². The summed E-state index contributed by atoms with van der Waals surface area (Å²) in [5.41, 5.74) is 1.20. The average Bonchev–Trinajstić information content (AvgIpc) is 2.70. The number of alkyl halides is 2. The third kappa shape index (κ3) is 2.42. The molecule has 2 rings (SSSR count). The summed E-state index contributed by atoms with van der Waals surface area (Å²) in [5, 5.41) is 12.8. The third-order valence-electron chi connectivity index (χ3n) is 1.96. The number of aromatic nitrogens is 3. The highest BCUT2D eigenvalue weighted by Crippen LogP contribution is 2.04. The van der Waals surface area contributed by atoms with Crippen molar-refractivity contribution in [1.82, 2.24) is 14.6 Å². The zero-order valence-electron chi connectivity index (χ0n) is 8.59. The van der Waals surface area contributed by atoms with Gasteiger partial charge >= 0.3 is 0 Å². The van der Waals surface area contributed by atoms with Gasteiger partial charge < -0.3 is 0 Å². The van der Waals surface area contributed by atoms with Crippen molar-refractivity contribution in [3.63, 3.8) is 0 Å². The Labute approximate surface area is 95.0 Å². The van der Waals surface area contributed by atoms with Crippen LogP contribution in [0.1, 0.15) is 11.4 Å². The predicted octanol–water partition coefficient (Wildman–Crippen LogP) is 1.28. The second kappa shape index (κ2) is 4.65. The lowest BCUT2D eigenvalue weighted by atomic mass is 10.4. The minimum atomic E-state index is -2.47. The van der Waals surface area contributed by atoms with E-state index in [9.17, 15) is 8.78 Å². The van der Waals surface area contributed by atoms with Crippen molar-refractivity contribution in [3.05, 3.63) is 29.7 Å². The van der Waals surface area contributed by atoms with Crippen molar-refractivity contribution in [2.75, 3.05) is 6.54 Å². The molecule has 0 saturated carbocycles. The van der Waals surface area contributed by atoms with Gasteiger partial charge in [0.05, 0.1) is 12.7 Å². The van der Waals surface area contributed by atoms with Gasteiger partial charge in [-0.05, 0) is 12.1 Å². The van der Waals surface area contributed by atoms with Gasteiger partial charge in [0.15, 0.2) is 11.3 Å². The highest BCUT2D eigenvalue weighted by Gasteiger charge is 2.03. The molecule has 0 spiro atoms. The standard InChI is InChI=1S/C10H7F2N5/c11-9(12)6-14-4-7-1-2-10-15-5-8(3-13)17(10)16-7/h1-2,4-5,9H,6H2/b14-4+. The molecule has 0 aromatic carbocycles. The summed E-state index contributed by atoms with van der Waals surface area (Å²) in [6.45, 7) is -0.561. The first-order chi connectivity index (χ1) is 8.20. The molecule has 0 aliphatic heterocycles. The Morgan fingerprint density at radius 1 is 1.53 bits per heavy atom. The van der Waals surface area contributed by atoms with Crippen LogP contribution in [0.25, 0.3) is 5.65 Å². The Kier molecular flexibility index (Phi) is 3.05. The highest BCUT2D eigenvalue weighted by atomic mass is 19.3. The van der Waals surface area contributed by atoms with E-state index < -0.39 is 13.0 Å². The summed E-state index contributed by atoms with van der Waals surface area (Å²) in [6.07, 6.45) is 0.160. The van der Waals surface area contributed by atoms with Crippen LogP contribution in [-0.4, -0.2) is 33.8 Å². The number of nitriles is 1. The lowest BCUT2D eigenvalue weighted by Crippen LogP contribution is -2.01. The third-order valence-corrected chi connectivity index (χ3v) is 1.96. The quantitative estimate of drug-likeness (QED) is 0.753. The lowest BCUT2D eigenvalue weighted by molar-refractivity contribution is 0.159. The molecule has 0 unspecified atom stereocenters. The molecule has 7 heteroatoms. The Bertz CT molecular complexity index is 596. The van der Waals surface area contributed by atoms with E-state index in [1.165, 1.54) is 16.9 Å². The first-order valence-electron chi connectivity index (χ1n) is 4.73. The number of hydrogen-bond acceptors (Lipinski definition) is 4. The zero-order valence-corrected chi connectivity index (χ0v) is 8.59. The molecular formula is C10H7F2N5. The molecule has 0 bridgehead atoms. The summed E-state index contributed by atoms with van der Waals surface area (Å²) in [7, 11) is 0. The van der Waals surface area contributed by atoms with E-state index in [0.717, 1.165) is 0 Å². The fraction of sp³-hybridized carbons (Fsp3) is 0.200. The number of halogens is 2. The molecule has 2 heterocycles. The van der Waals surface area contributed by atoms with Crippen LogP contribution in [0.4, 0.5) is 8.78 Å². The molecule has 0 radical (unpaired) electrons. The largest absolute Gasteiger partial charge is 0.285 e. The van der Waals surface area contributed by atoms with Crippen LogP contribution in [0, 0.1) is 11.3 Å². The van der Waals surface area contributed by atoms with Gasteiger partial charge in [-0.1, -0.05) is 0 Å². The average molecular weight is 235 g/mol. The first kappa shape index (κ1) is 11.1. The molecule has 2 aromatic rings. The smallest absolute Gasteiger partial charge is 0.257 e. The zero-order chi connectivity index (χ0) is 12.3. The van der Waals surface area contributed by atoms with Crippen molar-refractivity contribution in [2.45, 2.75) is 6.43 Å². The summed E-state index contributed by atoms with van der Waals surface area (Å²) in [6, 6.07) is 5.16. The maximum atomic E-state index is 11.9. The van der Waals surface area contributed by atoms with Crippen molar-refractivity contribution < 1.29 is 8.78 Å². The molecule has 0 aliphatic carbocycles. The van der Waals surface area contributed by atoms with E-state index in [4.69, 9.17) is 5.26 Å². The van der Waals surface area contributed by atoms with Crippen molar-refractivity contribution >= 4 is 11.9 Å². The lowest BCUT2D eigenvalue weighted by Gasteiger charge is -1.96. The summed E-state index contributed by atoms with van der Waals surface area (Å²) in [5.74, 6) is 0. The van der Waals surface area contributed by atoms with Gasteiger partial charge in [0.2, 0.25) is 0 Å². The summed E-state index contributed by atoms with van der Waals surface area (Å²) < 4.78 is 25.1. The minimum absolute atomic E-state index is 0.282. The van der Waals surface area contributed by atoms with Crippen LogP contribution in [-0.2, 0) is 0 Å². The molecule has 5 nitrogen and oxygen atoms in total.